The van der Waals surface area contributed by atoms with Crippen LogP contribution in [0.4, 0.5) is 5.69 Å². The lowest BCUT2D eigenvalue weighted by atomic mass is 10.1. The van der Waals surface area contributed by atoms with Crippen LogP contribution < -0.4 is 19.7 Å². The molecular formula is C22H26N2O3. The molecule has 2 aliphatic heterocycles. The summed E-state index contributed by atoms with van der Waals surface area (Å²) in [5, 5.41) is 3.07. The number of anilines is 1. The molecule has 0 unspecified atom stereocenters. The molecule has 5 heteroatoms. The van der Waals surface area contributed by atoms with E-state index in [0.29, 0.717) is 18.8 Å². The standard InChI is InChI=1S/C22H26N2O3/c1-16(18-7-10-20-21(15-18)27-14-13-26-20)23-22(25)17-5-8-19(9-6-17)24-11-3-2-4-12-24/h5-10,15-16H,2-4,11-14H2,1H3,(H,23,25)/t16-/m0/s1. The van der Waals surface area contributed by atoms with Crippen molar-refractivity contribution in [3.8, 4) is 11.5 Å². The molecule has 1 amide bonds. The number of carbonyl (C=O) groups excluding carboxylic acids is 1. The Morgan fingerprint density at radius 1 is 0.963 bits per heavy atom. The summed E-state index contributed by atoms with van der Waals surface area (Å²) in [6.07, 6.45) is 3.80. The Bertz CT molecular complexity index is 798. The first-order chi connectivity index (χ1) is 13.2. The zero-order valence-corrected chi connectivity index (χ0v) is 15.7. The van der Waals surface area contributed by atoms with Crippen LogP contribution in [0.2, 0.25) is 0 Å². The summed E-state index contributed by atoms with van der Waals surface area (Å²) >= 11 is 0. The van der Waals surface area contributed by atoms with Crippen molar-refractivity contribution in [2.24, 2.45) is 0 Å². The second-order valence-corrected chi connectivity index (χ2v) is 7.19. The van der Waals surface area contributed by atoms with Gasteiger partial charge >= 0.3 is 0 Å². The summed E-state index contributed by atoms with van der Waals surface area (Å²) in [7, 11) is 0. The number of amides is 1. The van der Waals surface area contributed by atoms with E-state index in [1.165, 1.54) is 24.9 Å². The molecule has 0 spiro atoms. The molecule has 0 aromatic heterocycles. The van der Waals surface area contributed by atoms with E-state index in [1.807, 2.05) is 37.3 Å². The molecule has 0 saturated carbocycles. The molecule has 4 rings (SSSR count). The fourth-order valence-corrected chi connectivity index (χ4v) is 3.67. The maximum absolute atomic E-state index is 12.6. The van der Waals surface area contributed by atoms with Gasteiger partial charge in [-0.1, -0.05) is 6.07 Å². The van der Waals surface area contributed by atoms with E-state index in [9.17, 15) is 4.79 Å². The highest BCUT2D eigenvalue weighted by molar-refractivity contribution is 5.94. The number of benzene rings is 2. The average molecular weight is 366 g/mol. The monoisotopic (exact) mass is 366 g/mol. The van der Waals surface area contributed by atoms with E-state index in [1.54, 1.807) is 0 Å². The Labute approximate surface area is 160 Å². The third-order valence-corrected chi connectivity index (χ3v) is 5.26. The summed E-state index contributed by atoms with van der Waals surface area (Å²) in [6.45, 7) is 5.32. The van der Waals surface area contributed by atoms with Crippen molar-refractivity contribution in [1.82, 2.24) is 5.32 Å². The maximum atomic E-state index is 12.6. The van der Waals surface area contributed by atoms with E-state index < -0.39 is 0 Å². The Hall–Kier alpha value is -2.69. The Morgan fingerprint density at radius 2 is 1.67 bits per heavy atom. The first-order valence-electron chi connectivity index (χ1n) is 9.76. The first-order valence-corrected chi connectivity index (χ1v) is 9.76. The van der Waals surface area contributed by atoms with Crippen LogP contribution >= 0.6 is 0 Å². The van der Waals surface area contributed by atoms with E-state index in [-0.39, 0.29) is 11.9 Å². The highest BCUT2D eigenvalue weighted by atomic mass is 16.6. The molecule has 27 heavy (non-hydrogen) atoms. The predicted octanol–water partition coefficient (Wildman–Crippen LogP) is 3.94. The van der Waals surface area contributed by atoms with E-state index in [0.717, 1.165) is 30.2 Å². The highest BCUT2D eigenvalue weighted by Crippen LogP contribution is 2.32. The van der Waals surface area contributed by atoms with Crippen molar-refractivity contribution >= 4 is 11.6 Å². The quantitative estimate of drug-likeness (QED) is 0.890. The molecule has 0 radical (unpaired) electrons. The molecule has 2 aromatic rings. The predicted molar refractivity (Wildman–Crippen MR) is 106 cm³/mol. The van der Waals surface area contributed by atoms with Gasteiger partial charge < -0.3 is 19.7 Å². The van der Waals surface area contributed by atoms with Gasteiger partial charge in [0, 0.05) is 24.3 Å². The van der Waals surface area contributed by atoms with Crippen LogP contribution in [0.15, 0.2) is 42.5 Å². The summed E-state index contributed by atoms with van der Waals surface area (Å²) < 4.78 is 11.2. The Kier molecular flexibility index (Phi) is 5.19. The largest absolute Gasteiger partial charge is 0.486 e. The fraction of sp³-hybridized carbons (Fsp3) is 0.409. The molecular weight excluding hydrogens is 340 g/mol. The summed E-state index contributed by atoms with van der Waals surface area (Å²) in [4.78, 5) is 15.0. The number of ether oxygens (including phenoxy) is 2. The van der Waals surface area contributed by atoms with Crippen molar-refractivity contribution in [2.75, 3.05) is 31.2 Å². The fourth-order valence-electron chi connectivity index (χ4n) is 3.67. The minimum Gasteiger partial charge on any atom is -0.486 e. The maximum Gasteiger partial charge on any atom is 0.251 e. The van der Waals surface area contributed by atoms with Crippen molar-refractivity contribution < 1.29 is 14.3 Å². The smallest absolute Gasteiger partial charge is 0.251 e. The number of nitrogens with zero attached hydrogens (tertiary/aromatic N) is 1. The average Bonchev–Trinajstić information content (AvgIpc) is 2.74. The Balaban J connectivity index is 1.40. The third kappa shape index (κ3) is 4.02. The lowest BCUT2D eigenvalue weighted by Crippen LogP contribution is -2.29. The number of rotatable bonds is 4. The second-order valence-electron chi connectivity index (χ2n) is 7.19. The van der Waals surface area contributed by atoms with Gasteiger partial charge in [0.05, 0.1) is 6.04 Å². The molecule has 0 aliphatic carbocycles. The molecule has 142 valence electrons. The molecule has 1 N–H and O–H groups in total. The van der Waals surface area contributed by atoms with Gasteiger partial charge in [-0.05, 0) is 68.1 Å². The van der Waals surface area contributed by atoms with Crippen molar-refractivity contribution in [3.05, 3.63) is 53.6 Å². The Morgan fingerprint density at radius 3 is 2.41 bits per heavy atom. The van der Waals surface area contributed by atoms with Gasteiger partial charge in [0.15, 0.2) is 11.5 Å². The van der Waals surface area contributed by atoms with Crippen LogP contribution in [0.25, 0.3) is 0 Å². The van der Waals surface area contributed by atoms with Crippen LogP contribution in [-0.2, 0) is 0 Å². The minimum absolute atomic E-state index is 0.0671. The summed E-state index contributed by atoms with van der Waals surface area (Å²) in [6, 6.07) is 13.6. The van der Waals surface area contributed by atoms with Crippen molar-refractivity contribution in [1.29, 1.82) is 0 Å². The van der Waals surface area contributed by atoms with E-state index >= 15 is 0 Å². The van der Waals surface area contributed by atoms with Crippen LogP contribution in [0.3, 0.4) is 0 Å². The van der Waals surface area contributed by atoms with Crippen LogP contribution in [0.1, 0.15) is 48.1 Å². The third-order valence-electron chi connectivity index (χ3n) is 5.26. The molecule has 1 fully saturated rings. The number of piperidine rings is 1. The molecule has 0 bridgehead atoms. The van der Waals surface area contributed by atoms with Gasteiger partial charge in [-0.25, -0.2) is 0 Å². The SMILES string of the molecule is C[C@H](NC(=O)c1ccc(N2CCCCC2)cc1)c1ccc2c(c1)OCCO2. The number of hydrogen-bond donors (Lipinski definition) is 1. The van der Waals surface area contributed by atoms with Crippen LogP contribution in [0.5, 0.6) is 11.5 Å². The zero-order chi connectivity index (χ0) is 18.6. The number of carbonyl (C=O) groups is 1. The highest BCUT2D eigenvalue weighted by Gasteiger charge is 2.17. The lowest BCUT2D eigenvalue weighted by Gasteiger charge is -2.28. The number of hydrogen-bond acceptors (Lipinski definition) is 4. The molecule has 1 saturated heterocycles. The first kappa shape index (κ1) is 17.7. The molecule has 2 aromatic carbocycles. The van der Waals surface area contributed by atoms with Gasteiger partial charge in [0.1, 0.15) is 13.2 Å². The summed E-state index contributed by atoms with van der Waals surface area (Å²) in [5.74, 6) is 1.44. The second kappa shape index (κ2) is 7.91. The van der Waals surface area contributed by atoms with Crippen LogP contribution in [0, 0.1) is 0 Å². The molecule has 2 heterocycles. The van der Waals surface area contributed by atoms with E-state index in [2.05, 4.69) is 22.3 Å². The van der Waals surface area contributed by atoms with Gasteiger partial charge in [-0.15, -0.1) is 0 Å². The summed E-state index contributed by atoms with van der Waals surface area (Å²) in [5.41, 5.74) is 2.88. The normalized spacial score (nSPS) is 17.3. The van der Waals surface area contributed by atoms with Crippen molar-refractivity contribution in [3.63, 3.8) is 0 Å². The van der Waals surface area contributed by atoms with Gasteiger partial charge in [0.2, 0.25) is 0 Å². The van der Waals surface area contributed by atoms with Crippen molar-refractivity contribution in [2.45, 2.75) is 32.2 Å². The van der Waals surface area contributed by atoms with Gasteiger partial charge in [-0.2, -0.15) is 0 Å². The minimum atomic E-state index is -0.116. The van der Waals surface area contributed by atoms with Crippen LogP contribution in [-0.4, -0.2) is 32.2 Å². The van der Waals surface area contributed by atoms with Gasteiger partial charge in [0.25, 0.3) is 5.91 Å². The van der Waals surface area contributed by atoms with E-state index in [4.69, 9.17) is 9.47 Å². The molecule has 5 nitrogen and oxygen atoms in total. The number of fused-ring (bicyclic) bond motifs is 1. The van der Waals surface area contributed by atoms with Gasteiger partial charge in [-0.3, -0.25) is 4.79 Å². The molecule has 2 aliphatic rings. The molecule has 1 atom stereocenters. The number of nitrogens with one attached hydrogen (secondary N) is 1. The zero-order valence-electron chi connectivity index (χ0n) is 15.7. The topological polar surface area (TPSA) is 50.8 Å². The lowest BCUT2D eigenvalue weighted by molar-refractivity contribution is 0.0939.